The van der Waals surface area contributed by atoms with Crippen molar-refractivity contribution in [1.29, 1.82) is 0 Å². The zero-order chi connectivity index (χ0) is 34.2. The van der Waals surface area contributed by atoms with Crippen molar-refractivity contribution in [1.82, 2.24) is 15.0 Å². The lowest BCUT2D eigenvalue weighted by Crippen LogP contribution is -2.07. The Morgan fingerprint density at radius 1 is 0.577 bits per heavy atom. The molecule has 5 nitrogen and oxygen atoms in total. The van der Waals surface area contributed by atoms with Crippen molar-refractivity contribution in [2.75, 3.05) is 0 Å². The Morgan fingerprint density at radius 2 is 1.31 bits per heavy atom. The van der Waals surface area contributed by atoms with Gasteiger partial charge in [0.1, 0.15) is 22.5 Å². The minimum Gasteiger partial charge on any atom is -0.456 e. The molecule has 0 fully saturated rings. The topological polar surface area (TPSA) is 65.0 Å². The molecule has 0 amide bonds. The molecular formula is C47H31N3O2. The van der Waals surface area contributed by atoms with Crippen molar-refractivity contribution in [3.63, 3.8) is 0 Å². The van der Waals surface area contributed by atoms with Crippen LogP contribution in [0.15, 0.2) is 142 Å². The Labute approximate surface area is 299 Å². The second-order valence-electron chi connectivity index (χ2n) is 13.8. The number of rotatable bonds is 4. The van der Waals surface area contributed by atoms with Crippen LogP contribution in [0.1, 0.15) is 52.6 Å². The molecule has 0 spiro atoms. The predicted molar refractivity (Wildman–Crippen MR) is 210 cm³/mol. The maximum Gasteiger partial charge on any atom is 0.164 e. The van der Waals surface area contributed by atoms with E-state index in [1.54, 1.807) is 0 Å². The van der Waals surface area contributed by atoms with Gasteiger partial charge in [0.05, 0.1) is 0 Å². The standard InChI is InChI=1S/C47H31N3O2/c1-2-12-29(13-3-1)45-48-46(31-23-24-33-30(27-31)22-21-28-11-4-5-14-32(28)33)50-47(49-45)38-26-25-35(44-43(38)37-16-7-9-19-40(37)52-44)34-17-10-20-41-42(34)36-15-6-8-18-39(36)51-41/h1-16,18-22,25-27,34H,17,23-24H2. The summed E-state index contributed by atoms with van der Waals surface area (Å²) in [5, 5.41) is 5.79. The van der Waals surface area contributed by atoms with E-state index in [9.17, 15) is 0 Å². The average Bonchev–Trinajstić information content (AvgIpc) is 3.80. The number of furan rings is 2. The quantitative estimate of drug-likeness (QED) is 0.187. The minimum absolute atomic E-state index is 0.0677. The van der Waals surface area contributed by atoms with E-state index in [1.807, 2.05) is 42.5 Å². The van der Waals surface area contributed by atoms with Crippen LogP contribution in [0.5, 0.6) is 0 Å². The summed E-state index contributed by atoms with van der Waals surface area (Å²) in [6, 6.07) is 44.3. The van der Waals surface area contributed by atoms with Crippen LogP contribution in [0.3, 0.4) is 0 Å². The maximum atomic E-state index is 6.80. The SMILES string of the molecule is C1=Cc2oc3ccccc3c2C(c2ccc(-c3nc(C4=Cc5ccc6ccccc6c5CC4)nc(-c4ccccc4)n3)c3c2oc2ccccc23)C1. The van der Waals surface area contributed by atoms with Gasteiger partial charge in [0, 0.05) is 44.3 Å². The van der Waals surface area contributed by atoms with Gasteiger partial charge in [-0.15, -0.1) is 0 Å². The van der Waals surface area contributed by atoms with Gasteiger partial charge in [-0.05, 0) is 77.1 Å². The van der Waals surface area contributed by atoms with Crippen LogP contribution in [0.2, 0.25) is 0 Å². The van der Waals surface area contributed by atoms with E-state index in [4.69, 9.17) is 23.8 Å². The molecule has 9 aromatic rings. The lowest BCUT2D eigenvalue weighted by atomic mass is 9.82. The molecule has 1 unspecified atom stereocenters. The third kappa shape index (κ3) is 4.52. The zero-order valence-electron chi connectivity index (χ0n) is 28.2. The number of benzene rings is 6. The molecule has 3 heterocycles. The molecule has 0 saturated carbocycles. The molecule has 246 valence electrons. The average molecular weight is 670 g/mol. The normalized spacial score (nSPS) is 15.3. The van der Waals surface area contributed by atoms with Crippen LogP contribution in [0.4, 0.5) is 0 Å². The molecule has 0 radical (unpaired) electrons. The molecule has 0 saturated heterocycles. The highest BCUT2D eigenvalue weighted by atomic mass is 16.3. The zero-order valence-corrected chi connectivity index (χ0v) is 28.2. The highest BCUT2D eigenvalue weighted by Crippen LogP contribution is 2.47. The first-order valence-corrected chi connectivity index (χ1v) is 17.9. The number of hydrogen-bond donors (Lipinski definition) is 0. The summed E-state index contributed by atoms with van der Waals surface area (Å²) in [5.74, 6) is 2.98. The van der Waals surface area contributed by atoms with Gasteiger partial charge in [-0.25, -0.2) is 15.0 Å². The number of nitrogens with zero attached hydrogens (tertiary/aromatic N) is 3. The molecule has 0 aliphatic heterocycles. The molecule has 2 aliphatic carbocycles. The fourth-order valence-electron chi connectivity index (χ4n) is 8.41. The summed E-state index contributed by atoms with van der Waals surface area (Å²) in [5.41, 5.74) is 10.5. The van der Waals surface area contributed by atoms with Crippen LogP contribution in [0.25, 0.3) is 84.2 Å². The van der Waals surface area contributed by atoms with Gasteiger partial charge in [-0.1, -0.05) is 115 Å². The molecule has 2 aliphatic rings. The van der Waals surface area contributed by atoms with Gasteiger partial charge < -0.3 is 8.83 Å². The summed E-state index contributed by atoms with van der Waals surface area (Å²) in [4.78, 5) is 15.6. The van der Waals surface area contributed by atoms with Gasteiger partial charge >= 0.3 is 0 Å². The van der Waals surface area contributed by atoms with Gasteiger partial charge in [0.2, 0.25) is 0 Å². The number of fused-ring (bicyclic) bond motifs is 9. The molecule has 11 rings (SSSR count). The third-order valence-corrected chi connectivity index (χ3v) is 10.8. The van der Waals surface area contributed by atoms with E-state index in [2.05, 4.69) is 103 Å². The summed E-state index contributed by atoms with van der Waals surface area (Å²) < 4.78 is 13.1. The number of allylic oxidation sites excluding steroid dienone is 2. The number of para-hydroxylation sites is 2. The Kier molecular flexibility index (Phi) is 6.44. The fraction of sp³-hybridized carbons (Fsp3) is 0.0851. The Hall–Kier alpha value is -6.59. The third-order valence-electron chi connectivity index (χ3n) is 10.8. The van der Waals surface area contributed by atoms with Crippen molar-refractivity contribution >= 4 is 61.4 Å². The van der Waals surface area contributed by atoms with Crippen LogP contribution in [-0.4, -0.2) is 15.0 Å². The monoisotopic (exact) mass is 669 g/mol. The van der Waals surface area contributed by atoms with Crippen LogP contribution in [0, 0.1) is 0 Å². The van der Waals surface area contributed by atoms with E-state index in [-0.39, 0.29) is 5.92 Å². The highest BCUT2D eigenvalue weighted by molar-refractivity contribution is 6.13. The molecule has 52 heavy (non-hydrogen) atoms. The summed E-state index contributed by atoms with van der Waals surface area (Å²) in [7, 11) is 0. The van der Waals surface area contributed by atoms with E-state index in [0.29, 0.717) is 17.5 Å². The van der Waals surface area contributed by atoms with E-state index < -0.39 is 0 Å². The Balaban J connectivity index is 1.13. The Bertz CT molecular complexity index is 2950. The second kappa shape index (κ2) is 11.5. The lowest BCUT2D eigenvalue weighted by molar-refractivity contribution is 0.588. The number of hydrogen-bond acceptors (Lipinski definition) is 5. The van der Waals surface area contributed by atoms with E-state index in [1.165, 1.54) is 27.5 Å². The van der Waals surface area contributed by atoms with Crippen molar-refractivity contribution in [3.05, 3.63) is 167 Å². The largest absolute Gasteiger partial charge is 0.456 e. The molecule has 0 bridgehead atoms. The molecule has 6 aromatic carbocycles. The molecule has 5 heteroatoms. The van der Waals surface area contributed by atoms with Crippen LogP contribution >= 0.6 is 0 Å². The number of aryl methyl sites for hydroxylation is 1. The molecule has 3 aromatic heterocycles. The first kappa shape index (κ1) is 29.2. The fourth-order valence-corrected chi connectivity index (χ4v) is 8.41. The highest BCUT2D eigenvalue weighted by Gasteiger charge is 2.30. The van der Waals surface area contributed by atoms with Gasteiger partial charge in [0.25, 0.3) is 0 Å². The Morgan fingerprint density at radius 3 is 2.19 bits per heavy atom. The number of aromatic nitrogens is 3. The van der Waals surface area contributed by atoms with Crippen LogP contribution < -0.4 is 0 Å². The first-order chi connectivity index (χ1) is 25.8. The minimum atomic E-state index is 0.0677. The van der Waals surface area contributed by atoms with Gasteiger partial charge in [0.15, 0.2) is 17.5 Å². The first-order valence-electron chi connectivity index (χ1n) is 17.9. The van der Waals surface area contributed by atoms with Crippen molar-refractivity contribution in [2.45, 2.75) is 25.2 Å². The van der Waals surface area contributed by atoms with Crippen molar-refractivity contribution in [3.8, 4) is 22.8 Å². The maximum absolute atomic E-state index is 6.80. The molecule has 1 atom stereocenters. The van der Waals surface area contributed by atoms with Crippen molar-refractivity contribution < 1.29 is 8.83 Å². The lowest BCUT2D eigenvalue weighted by Gasteiger charge is -2.20. The molecular weight excluding hydrogens is 639 g/mol. The van der Waals surface area contributed by atoms with E-state index in [0.717, 1.165) is 80.2 Å². The summed E-state index contributed by atoms with van der Waals surface area (Å²) in [6.07, 6.45) is 9.21. The predicted octanol–water partition coefficient (Wildman–Crippen LogP) is 12.0. The van der Waals surface area contributed by atoms with Crippen LogP contribution in [-0.2, 0) is 6.42 Å². The molecule has 0 N–H and O–H groups in total. The van der Waals surface area contributed by atoms with Crippen molar-refractivity contribution in [2.24, 2.45) is 0 Å². The second-order valence-corrected chi connectivity index (χ2v) is 13.8. The van der Waals surface area contributed by atoms with Gasteiger partial charge in [-0.2, -0.15) is 0 Å². The summed E-state index contributed by atoms with van der Waals surface area (Å²) in [6.45, 7) is 0. The van der Waals surface area contributed by atoms with E-state index >= 15 is 0 Å². The smallest absolute Gasteiger partial charge is 0.164 e. The summed E-state index contributed by atoms with van der Waals surface area (Å²) >= 11 is 0. The van der Waals surface area contributed by atoms with Gasteiger partial charge in [-0.3, -0.25) is 0 Å².